The van der Waals surface area contributed by atoms with Gasteiger partial charge in [-0.3, -0.25) is 4.99 Å². The summed E-state index contributed by atoms with van der Waals surface area (Å²) < 4.78 is 58.1. The lowest BCUT2D eigenvalue weighted by Crippen LogP contribution is -2.45. The number of aryl methyl sites for hydroxylation is 1. The second-order valence-corrected chi connectivity index (χ2v) is 9.86. The molecule has 1 aromatic rings. The molecule has 0 amide bonds. The van der Waals surface area contributed by atoms with Gasteiger partial charge in [-0.2, -0.15) is 8.78 Å². The van der Waals surface area contributed by atoms with Gasteiger partial charge in [0.2, 0.25) is 0 Å². The molecule has 142 valence electrons. The molecular weight excluding hydrogens is 360 g/mol. The molecule has 0 bridgehead atoms. The Labute approximate surface area is 152 Å². The lowest BCUT2D eigenvalue weighted by molar-refractivity contribution is 0.0236. The summed E-state index contributed by atoms with van der Waals surface area (Å²) in [5.41, 5.74) is 1.22. The van der Waals surface area contributed by atoms with Gasteiger partial charge in [-0.1, -0.05) is 12.1 Å². The number of rotatable bonds is 4. The molecule has 1 saturated heterocycles. The van der Waals surface area contributed by atoms with E-state index in [0.29, 0.717) is 12.0 Å². The van der Waals surface area contributed by atoms with Crippen LogP contribution in [-0.2, 0) is 14.6 Å². The molecule has 0 aliphatic carbocycles. The number of ether oxygens (including phenoxy) is 1. The van der Waals surface area contributed by atoms with Crippen LogP contribution in [0.15, 0.2) is 45.8 Å². The van der Waals surface area contributed by atoms with Crippen molar-refractivity contribution in [2.75, 3.05) is 13.2 Å². The number of aliphatic imine (C=N–C) groups is 1. The largest absolute Gasteiger partial charge is 0.374 e. The van der Waals surface area contributed by atoms with Gasteiger partial charge in [-0.05, 0) is 56.0 Å². The van der Waals surface area contributed by atoms with E-state index in [1.54, 1.807) is 25.1 Å². The zero-order valence-electron chi connectivity index (χ0n) is 15.1. The second kappa shape index (κ2) is 6.53. The summed E-state index contributed by atoms with van der Waals surface area (Å²) in [4.78, 5) is 4.18. The van der Waals surface area contributed by atoms with Gasteiger partial charge in [0.1, 0.15) is 5.71 Å². The number of alkyl halides is 2. The third-order valence-electron chi connectivity index (χ3n) is 5.13. The second-order valence-electron chi connectivity index (χ2n) is 7.39. The van der Waals surface area contributed by atoms with Crippen molar-refractivity contribution in [1.82, 2.24) is 0 Å². The fourth-order valence-electron chi connectivity index (χ4n) is 3.42. The average Bonchev–Trinajstić information content (AvgIpc) is 3.05. The molecule has 7 heteroatoms. The van der Waals surface area contributed by atoms with Crippen LogP contribution in [0.5, 0.6) is 0 Å². The van der Waals surface area contributed by atoms with E-state index in [1.807, 2.05) is 13.0 Å². The van der Waals surface area contributed by atoms with E-state index >= 15 is 0 Å². The zero-order valence-corrected chi connectivity index (χ0v) is 15.9. The predicted octanol–water partition coefficient (Wildman–Crippen LogP) is 3.74. The van der Waals surface area contributed by atoms with Crippen molar-refractivity contribution in [1.29, 1.82) is 0 Å². The fourth-order valence-corrected chi connectivity index (χ4v) is 5.31. The van der Waals surface area contributed by atoms with Crippen molar-refractivity contribution >= 4 is 15.5 Å². The average molecular weight is 383 g/mol. The zero-order chi connectivity index (χ0) is 19.2. The van der Waals surface area contributed by atoms with Crippen LogP contribution in [0.2, 0.25) is 0 Å². The Morgan fingerprint density at radius 3 is 2.69 bits per heavy atom. The van der Waals surface area contributed by atoms with E-state index in [4.69, 9.17) is 4.74 Å². The highest BCUT2D eigenvalue weighted by Crippen LogP contribution is 2.39. The summed E-state index contributed by atoms with van der Waals surface area (Å²) in [6.07, 6.45) is 1.44. The molecule has 0 saturated carbocycles. The van der Waals surface area contributed by atoms with E-state index in [1.165, 1.54) is 6.08 Å². The van der Waals surface area contributed by atoms with Crippen LogP contribution in [0.25, 0.3) is 0 Å². The number of halogens is 2. The summed E-state index contributed by atoms with van der Waals surface area (Å²) in [6.45, 7) is 4.76. The van der Waals surface area contributed by atoms with Crippen LogP contribution < -0.4 is 0 Å². The Hall–Kier alpha value is -1.60. The van der Waals surface area contributed by atoms with Crippen molar-refractivity contribution < 1.29 is 21.9 Å². The maximum absolute atomic E-state index is 13.5. The molecule has 3 rings (SSSR count). The Balaban J connectivity index is 1.86. The van der Waals surface area contributed by atoms with Crippen LogP contribution in [0.1, 0.15) is 32.3 Å². The first kappa shape index (κ1) is 19.2. The van der Waals surface area contributed by atoms with Crippen molar-refractivity contribution in [2.45, 2.75) is 55.3 Å². The quantitative estimate of drug-likeness (QED) is 0.796. The highest BCUT2D eigenvalue weighted by Gasteiger charge is 2.46. The van der Waals surface area contributed by atoms with Gasteiger partial charge in [0.15, 0.2) is 9.84 Å². The van der Waals surface area contributed by atoms with Gasteiger partial charge in [0, 0.05) is 13.5 Å². The molecule has 0 N–H and O–H groups in total. The molecule has 2 aliphatic heterocycles. The predicted molar refractivity (Wildman–Crippen MR) is 96.7 cm³/mol. The van der Waals surface area contributed by atoms with E-state index in [-0.39, 0.29) is 30.2 Å². The van der Waals surface area contributed by atoms with E-state index < -0.39 is 26.6 Å². The third-order valence-corrected chi connectivity index (χ3v) is 7.68. The van der Waals surface area contributed by atoms with Gasteiger partial charge in [-0.25, -0.2) is 8.42 Å². The lowest BCUT2D eigenvalue weighted by atomic mass is 9.92. The molecule has 4 nitrogen and oxygen atoms in total. The SMILES string of the molecule is Cc1cccc(S(=O)(=O)C2(C)CCOC(C3=CC(C(C)(F)F)=NC3)C2)c1. The van der Waals surface area contributed by atoms with Crippen LogP contribution in [0.3, 0.4) is 0 Å². The summed E-state index contributed by atoms with van der Waals surface area (Å²) in [5.74, 6) is -3.01. The molecule has 1 fully saturated rings. The molecule has 2 unspecified atom stereocenters. The van der Waals surface area contributed by atoms with Crippen molar-refractivity contribution in [3.63, 3.8) is 0 Å². The summed E-state index contributed by atoms with van der Waals surface area (Å²) in [5, 5.41) is 0. The Kier molecular flexibility index (Phi) is 4.82. The summed E-state index contributed by atoms with van der Waals surface area (Å²) in [6, 6.07) is 6.84. The first-order chi connectivity index (χ1) is 12.0. The molecule has 0 spiro atoms. The minimum absolute atomic E-state index is 0.129. The molecule has 0 radical (unpaired) electrons. The van der Waals surface area contributed by atoms with E-state index in [2.05, 4.69) is 4.99 Å². The standard InChI is InChI=1S/C19H23F2NO3S/c1-13-5-4-6-15(9-13)26(23,24)18(2)7-8-25-16(11-18)14-10-17(22-12-14)19(3,20)21/h4-6,9-10,16H,7-8,11-12H2,1-3H3. The number of hydrogen-bond acceptors (Lipinski definition) is 4. The lowest BCUT2D eigenvalue weighted by Gasteiger charge is -2.38. The molecule has 2 atom stereocenters. The molecule has 26 heavy (non-hydrogen) atoms. The third kappa shape index (κ3) is 3.47. The normalized spacial score (nSPS) is 27.2. The highest BCUT2D eigenvalue weighted by atomic mass is 32.2. The molecular formula is C19H23F2NO3S. The Morgan fingerprint density at radius 1 is 1.35 bits per heavy atom. The van der Waals surface area contributed by atoms with E-state index in [0.717, 1.165) is 12.5 Å². The van der Waals surface area contributed by atoms with Gasteiger partial charge in [-0.15, -0.1) is 0 Å². The minimum atomic E-state index is -3.58. The van der Waals surface area contributed by atoms with E-state index in [9.17, 15) is 17.2 Å². The summed E-state index contributed by atoms with van der Waals surface area (Å²) in [7, 11) is -3.58. The fraction of sp³-hybridized carbons (Fsp3) is 0.526. The van der Waals surface area contributed by atoms with Crippen LogP contribution in [0.4, 0.5) is 8.78 Å². The van der Waals surface area contributed by atoms with Crippen LogP contribution in [0, 0.1) is 6.92 Å². The van der Waals surface area contributed by atoms with Crippen molar-refractivity contribution in [3.05, 3.63) is 41.5 Å². The monoisotopic (exact) mass is 383 g/mol. The van der Waals surface area contributed by atoms with Crippen molar-refractivity contribution in [3.8, 4) is 0 Å². The van der Waals surface area contributed by atoms with Crippen molar-refractivity contribution in [2.24, 2.45) is 4.99 Å². The molecule has 2 aliphatic rings. The molecule has 0 aromatic heterocycles. The van der Waals surface area contributed by atoms with Gasteiger partial charge in [0.05, 0.1) is 22.3 Å². The van der Waals surface area contributed by atoms with Crippen LogP contribution in [-0.4, -0.2) is 44.1 Å². The molecule has 1 aromatic carbocycles. The Morgan fingerprint density at radius 2 is 2.08 bits per heavy atom. The number of benzene rings is 1. The summed E-state index contributed by atoms with van der Waals surface area (Å²) >= 11 is 0. The smallest absolute Gasteiger partial charge is 0.286 e. The maximum atomic E-state index is 13.5. The number of hydrogen-bond donors (Lipinski definition) is 0. The number of nitrogens with zero attached hydrogens (tertiary/aromatic N) is 1. The number of allylic oxidation sites excluding steroid dienone is 1. The van der Waals surface area contributed by atoms with Gasteiger partial charge >= 0.3 is 0 Å². The maximum Gasteiger partial charge on any atom is 0.286 e. The topological polar surface area (TPSA) is 55.7 Å². The highest BCUT2D eigenvalue weighted by molar-refractivity contribution is 7.92. The molecule has 2 heterocycles. The Bertz CT molecular complexity index is 871. The van der Waals surface area contributed by atoms with Gasteiger partial charge < -0.3 is 4.74 Å². The first-order valence-electron chi connectivity index (χ1n) is 8.59. The van der Waals surface area contributed by atoms with Gasteiger partial charge in [0.25, 0.3) is 5.92 Å². The first-order valence-corrected chi connectivity index (χ1v) is 10.1. The number of sulfone groups is 1. The minimum Gasteiger partial charge on any atom is -0.374 e. The van der Waals surface area contributed by atoms with Crippen LogP contribution >= 0.6 is 0 Å².